The molecule has 0 fully saturated rings. The van der Waals surface area contributed by atoms with Crippen molar-refractivity contribution < 1.29 is 17.6 Å². The smallest absolute Gasteiger partial charge is 0.166 e. The van der Waals surface area contributed by atoms with Gasteiger partial charge in [0, 0.05) is 11.1 Å². The lowest BCUT2D eigenvalue weighted by molar-refractivity contribution is 0.498. The second-order valence-corrected chi connectivity index (χ2v) is 6.99. The summed E-state index contributed by atoms with van der Waals surface area (Å²) in [5.74, 6) is -3.49. The molecule has 0 aliphatic carbocycles. The predicted octanol–water partition coefficient (Wildman–Crippen LogP) is 7.62. The van der Waals surface area contributed by atoms with Crippen LogP contribution in [0.4, 0.5) is 17.6 Å². The molecule has 0 nitrogen and oxygen atoms in total. The highest BCUT2D eigenvalue weighted by Gasteiger charge is 2.16. The first-order chi connectivity index (χ1) is 13.4. The van der Waals surface area contributed by atoms with Gasteiger partial charge in [-0.3, -0.25) is 0 Å². The quantitative estimate of drug-likeness (QED) is 0.302. The summed E-state index contributed by atoms with van der Waals surface area (Å²) in [7, 11) is 0. The van der Waals surface area contributed by atoms with E-state index >= 15 is 0 Å². The number of benzene rings is 3. The van der Waals surface area contributed by atoms with E-state index in [9.17, 15) is 17.6 Å². The molecule has 4 heteroatoms. The Morgan fingerprint density at radius 1 is 0.607 bits per heavy atom. The summed E-state index contributed by atoms with van der Waals surface area (Å²) in [6.45, 7) is 3.55. The van der Waals surface area contributed by atoms with Crippen LogP contribution in [0.15, 0.2) is 48.5 Å². The van der Waals surface area contributed by atoms with Gasteiger partial charge in [0.25, 0.3) is 0 Å². The molecule has 0 aliphatic heterocycles. The molecule has 3 aromatic rings. The average molecular weight is 386 g/mol. The van der Waals surface area contributed by atoms with Gasteiger partial charge in [0.2, 0.25) is 0 Å². The van der Waals surface area contributed by atoms with Gasteiger partial charge in [-0.25, -0.2) is 17.6 Å². The number of hydrogen-bond donors (Lipinski definition) is 0. The molecule has 3 rings (SSSR count). The maximum absolute atomic E-state index is 14.6. The van der Waals surface area contributed by atoms with Crippen molar-refractivity contribution in [2.75, 3.05) is 0 Å². The molecule has 0 unspecified atom stereocenters. The molecule has 0 aromatic heterocycles. The molecule has 0 aliphatic rings. The van der Waals surface area contributed by atoms with E-state index in [1.54, 1.807) is 36.4 Å². The maximum Gasteiger partial charge on any atom is 0.166 e. The van der Waals surface area contributed by atoms with Crippen LogP contribution in [0.5, 0.6) is 0 Å². The molecule has 0 saturated carbocycles. The van der Waals surface area contributed by atoms with Gasteiger partial charge in [0.05, 0.1) is 0 Å². The molecular weight excluding hydrogens is 364 g/mol. The Labute approximate surface area is 162 Å². The Kier molecular flexibility index (Phi) is 6.18. The Hall–Kier alpha value is -2.62. The van der Waals surface area contributed by atoms with E-state index in [0.29, 0.717) is 23.1 Å². The third-order valence-corrected chi connectivity index (χ3v) is 4.99. The molecule has 0 radical (unpaired) electrons. The molecule has 0 N–H and O–H groups in total. The van der Waals surface area contributed by atoms with Crippen LogP contribution in [-0.2, 0) is 6.42 Å². The van der Waals surface area contributed by atoms with E-state index in [2.05, 4.69) is 6.92 Å². The lowest BCUT2D eigenvalue weighted by Crippen LogP contribution is -1.98. The zero-order valence-electron chi connectivity index (χ0n) is 16.0. The average Bonchev–Trinajstić information content (AvgIpc) is 2.70. The molecule has 146 valence electrons. The highest BCUT2D eigenvalue weighted by atomic mass is 19.2. The van der Waals surface area contributed by atoms with E-state index in [1.165, 1.54) is 19.1 Å². The van der Waals surface area contributed by atoms with Gasteiger partial charge in [-0.2, -0.15) is 0 Å². The minimum absolute atomic E-state index is 0.132. The van der Waals surface area contributed by atoms with Gasteiger partial charge in [-0.15, -0.1) is 0 Å². The van der Waals surface area contributed by atoms with Crippen LogP contribution >= 0.6 is 0 Å². The topological polar surface area (TPSA) is 0 Å². The van der Waals surface area contributed by atoms with Gasteiger partial charge in [0.1, 0.15) is 0 Å². The number of unbranched alkanes of at least 4 members (excludes halogenated alkanes) is 2. The fourth-order valence-corrected chi connectivity index (χ4v) is 3.27. The number of halogens is 4. The molecule has 28 heavy (non-hydrogen) atoms. The summed E-state index contributed by atoms with van der Waals surface area (Å²) >= 11 is 0. The van der Waals surface area contributed by atoms with E-state index < -0.39 is 23.3 Å². The van der Waals surface area contributed by atoms with Crippen LogP contribution in [0.3, 0.4) is 0 Å². The van der Waals surface area contributed by atoms with Crippen molar-refractivity contribution >= 4 is 0 Å². The third kappa shape index (κ3) is 3.96. The summed E-state index contributed by atoms with van der Waals surface area (Å²) in [4.78, 5) is 0. The van der Waals surface area contributed by atoms with E-state index in [1.807, 2.05) is 0 Å². The summed E-state index contributed by atoms with van der Waals surface area (Å²) in [5, 5.41) is 0. The van der Waals surface area contributed by atoms with Crippen molar-refractivity contribution in [3.63, 3.8) is 0 Å². The second kappa shape index (κ2) is 8.59. The van der Waals surface area contributed by atoms with Gasteiger partial charge in [-0.1, -0.05) is 68.3 Å². The van der Waals surface area contributed by atoms with Crippen LogP contribution in [0, 0.1) is 30.2 Å². The lowest BCUT2D eigenvalue weighted by Gasteiger charge is -2.10. The molecule has 0 bridgehead atoms. The van der Waals surface area contributed by atoms with Gasteiger partial charge < -0.3 is 0 Å². The van der Waals surface area contributed by atoms with Crippen molar-refractivity contribution in [3.05, 3.63) is 82.9 Å². The summed E-state index contributed by atoms with van der Waals surface area (Å²) < 4.78 is 56.9. The minimum atomic E-state index is -0.915. The Balaban J connectivity index is 1.90. The van der Waals surface area contributed by atoms with Crippen LogP contribution < -0.4 is 0 Å². The summed E-state index contributed by atoms with van der Waals surface area (Å²) in [5.41, 5.74) is 1.84. The predicted molar refractivity (Wildman–Crippen MR) is 105 cm³/mol. The Morgan fingerprint density at radius 2 is 1.14 bits per heavy atom. The van der Waals surface area contributed by atoms with Crippen molar-refractivity contribution in [1.29, 1.82) is 0 Å². The summed E-state index contributed by atoms with van der Waals surface area (Å²) in [6.07, 6.45) is 3.31. The number of hydrogen-bond acceptors (Lipinski definition) is 0. The van der Waals surface area contributed by atoms with Crippen LogP contribution in [0.1, 0.15) is 37.3 Å². The largest absolute Gasteiger partial charge is 0.203 e. The maximum atomic E-state index is 14.6. The van der Waals surface area contributed by atoms with Crippen molar-refractivity contribution in [2.24, 2.45) is 0 Å². The first-order valence-corrected chi connectivity index (χ1v) is 9.46. The SMILES string of the molecule is CCCCCc1ccc(-c2ccc(-c3ccc(C)c(F)c3F)cc2)c(F)c1F. The standard InChI is InChI=1S/C24H22F4/c1-3-4-5-6-18-12-14-20(24(28)22(18)26)17-10-8-16(9-11-17)19-13-7-15(2)21(25)23(19)27/h7-14H,3-6H2,1-2H3. The highest BCUT2D eigenvalue weighted by Crippen LogP contribution is 2.31. The van der Waals surface area contributed by atoms with Gasteiger partial charge >= 0.3 is 0 Å². The van der Waals surface area contributed by atoms with Crippen LogP contribution in [0.25, 0.3) is 22.3 Å². The fourth-order valence-electron chi connectivity index (χ4n) is 3.27. The molecule has 0 saturated heterocycles. The normalized spacial score (nSPS) is 11.1. The van der Waals surface area contributed by atoms with Crippen LogP contribution in [-0.4, -0.2) is 0 Å². The zero-order valence-corrected chi connectivity index (χ0v) is 16.0. The second-order valence-electron chi connectivity index (χ2n) is 6.99. The fraction of sp³-hybridized carbons (Fsp3) is 0.250. The summed E-state index contributed by atoms with van der Waals surface area (Å²) in [6, 6.07) is 12.5. The first-order valence-electron chi connectivity index (χ1n) is 9.46. The molecule has 3 aromatic carbocycles. The van der Waals surface area contributed by atoms with Crippen molar-refractivity contribution in [2.45, 2.75) is 39.5 Å². The first kappa shape index (κ1) is 20.1. The van der Waals surface area contributed by atoms with Crippen LogP contribution in [0.2, 0.25) is 0 Å². The van der Waals surface area contributed by atoms with Gasteiger partial charge in [-0.05, 0) is 42.0 Å². The Bertz CT molecular complexity index is 975. The van der Waals surface area contributed by atoms with E-state index in [-0.39, 0.29) is 16.7 Å². The molecular formula is C24H22F4. The molecule has 0 heterocycles. The zero-order chi connectivity index (χ0) is 20.3. The van der Waals surface area contributed by atoms with Crippen molar-refractivity contribution in [3.8, 4) is 22.3 Å². The van der Waals surface area contributed by atoms with E-state index in [0.717, 1.165) is 19.3 Å². The monoisotopic (exact) mass is 386 g/mol. The molecule has 0 atom stereocenters. The minimum Gasteiger partial charge on any atom is -0.203 e. The lowest BCUT2D eigenvalue weighted by atomic mass is 9.97. The number of rotatable bonds is 6. The van der Waals surface area contributed by atoms with Gasteiger partial charge in [0.15, 0.2) is 23.3 Å². The third-order valence-electron chi connectivity index (χ3n) is 4.99. The molecule has 0 amide bonds. The number of aryl methyl sites for hydroxylation is 2. The Morgan fingerprint density at radius 3 is 1.71 bits per heavy atom. The molecule has 0 spiro atoms. The highest BCUT2D eigenvalue weighted by molar-refractivity contribution is 5.71. The van der Waals surface area contributed by atoms with Crippen molar-refractivity contribution in [1.82, 2.24) is 0 Å². The van der Waals surface area contributed by atoms with E-state index in [4.69, 9.17) is 0 Å².